The van der Waals surface area contributed by atoms with E-state index >= 15 is 0 Å². The highest BCUT2D eigenvalue weighted by Gasteiger charge is 2.03. The minimum atomic E-state index is -0.304. The molecule has 2 heterocycles. The van der Waals surface area contributed by atoms with Crippen LogP contribution in [0.5, 0.6) is 11.6 Å². The summed E-state index contributed by atoms with van der Waals surface area (Å²) in [4.78, 5) is 8.57. The molecule has 2 N–H and O–H groups in total. The maximum atomic E-state index is 13.0. The Balaban J connectivity index is 1.21. The molecule has 0 aliphatic carbocycles. The van der Waals surface area contributed by atoms with Gasteiger partial charge in [-0.25, -0.2) is 14.1 Å². The molecule has 8 heteroatoms. The Kier molecular flexibility index (Phi) is 7.27. The summed E-state index contributed by atoms with van der Waals surface area (Å²) >= 11 is 0. The van der Waals surface area contributed by atoms with Gasteiger partial charge in [0.25, 0.3) is 0 Å². The molecule has 33 heavy (non-hydrogen) atoms. The minimum Gasteiger partial charge on any atom is -0.439 e. The fraction of sp³-hybridized carbons (Fsp3) is 0.160. The van der Waals surface area contributed by atoms with Crippen LogP contribution in [0.15, 0.2) is 90.3 Å². The molecule has 0 amide bonds. The summed E-state index contributed by atoms with van der Waals surface area (Å²) in [5, 5.41) is 10.8. The standard InChI is InChI=1S/C25H25FN6O/c1-27-25(28-15-13-19-3-8-22(9-4-19)32-16-2-14-31-32)30-18-20-5-12-24(29-17-20)33-23-10-6-21(26)7-11-23/h2-12,14,16-17H,13,15,18H2,1H3,(H2,27,28,30). The molecule has 4 rings (SSSR count). The molecule has 0 spiro atoms. The predicted molar refractivity (Wildman–Crippen MR) is 126 cm³/mol. The molecule has 2 aromatic carbocycles. The van der Waals surface area contributed by atoms with Gasteiger partial charge in [-0.2, -0.15) is 5.10 Å². The lowest BCUT2D eigenvalue weighted by atomic mass is 10.1. The van der Waals surface area contributed by atoms with Gasteiger partial charge in [0.15, 0.2) is 5.96 Å². The topological polar surface area (TPSA) is 76.4 Å². The Hall–Kier alpha value is -4.20. The predicted octanol–water partition coefficient (Wildman–Crippen LogP) is 4.11. The first kappa shape index (κ1) is 22.0. The van der Waals surface area contributed by atoms with Gasteiger partial charge in [0.05, 0.1) is 5.69 Å². The second-order valence-corrected chi connectivity index (χ2v) is 7.28. The van der Waals surface area contributed by atoms with E-state index in [9.17, 15) is 4.39 Å². The van der Waals surface area contributed by atoms with Crippen LogP contribution >= 0.6 is 0 Å². The molecule has 4 aromatic rings. The largest absolute Gasteiger partial charge is 0.439 e. The molecular formula is C25H25FN6O. The van der Waals surface area contributed by atoms with E-state index in [1.54, 1.807) is 37.6 Å². The number of aliphatic imine (C=N–C) groups is 1. The van der Waals surface area contributed by atoms with Gasteiger partial charge in [0.1, 0.15) is 11.6 Å². The molecule has 0 fully saturated rings. The average Bonchev–Trinajstić information content (AvgIpc) is 3.39. The average molecular weight is 445 g/mol. The van der Waals surface area contributed by atoms with Crippen LogP contribution in [0, 0.1) is 5.82 Å². The number of pyridine rings is 1. The summed E-state index contributed by atoms with van der Waals surface area (Å²) in [6, 6.07) is 19.8. The third-order valence-electron chi connectivity index (χ3n) is 4.93. The molecule has 0 radical (unpaired) electrons. The van der Waals surface area contributed by atoms with Gasteiger partial charge in [-0.15, -0.1) is 0 Å². The van der Waals surface area contributed by atoms with Gasteiger partial charge in [0, 0.05) is 44.8 Å². The van der Waals surface area contributed by atoms with E-state index in [2.05, 4.69) is 50.0 Å². The maximum Gasteiger partial charge on any atom is 0.219 e. The van der Waals surface area contributed by atoms with Crippen LogP contribution in [0.25, 0.3) is 5.69 Å². The van der Waals surface area contributed by atoms with E-state index in [1.807, 2.05) is 23.0 Å². The van der Waals surface area contributed by atoms with Gasteiger partial charge in [-0.3, -0.25) is 4.99 Å². The molecule has 0 aliphatic heterocycles. The van der Waals surface area contributed by atoms with Crippen molar-refractivity contribution in [1.82, 2.24) is 25.4 Å². The van der Waals surface area contributed by atoms with E-state index in [0.717, 1.165) is 30.2 Å². The second kappa shape index (κ2) is 10.9. The number of benzene rings is 2. The number of ether oxygens (including phenoxy) is 1. The van der Waals surface area contributed by atoms with Gasteiger partial charge in [-0.1, -0.05) is 18.2 Å². The van der Waals surface area contributed by atoms with E-state index < -0.39 is 0 Å². The Labute approximate surface area is 192 Å². The Morgan fingerprint density at radius 1 is 1.00 bits per heavy atom. The van der Waals surface area contributed by atoms with Crippen LogP contribution in [0.2, 0.25) is 0 Å². The number of halogens is 1. The summed E-state index contributed by atoms with van der Waals surface area (Å²) in [6.45, 7) is 1.32. The van der Waals surface area contributed by atoms with Crippen molar-refractivity contribution in [1.29, 1.82) is 0 Å². The molecule has 0 bridgehead atoms. The lowest BCUT2D eigenvalue weighted by Crippen LogP contribution is -2.37. The van der Waals surface area contributed by atoms with E-state index in [0.29, 0.717) is 18.2 Å². The van der Waals surface area contributed by atoms with Gasteiger partial charge in [-0.05, 0) is 60.0 Å². The quantitative estimate of drug-likeness (QED) is 0.316. The number of nitrogens with one attached hydrogen (secondary N) is 2. The van der Waals surface area contributed by atoms with Crippen LogP contribution in [0.1, 0.15) is 11.1 Å². The lowest BCUT2D eigenvalue weighted by molar-refractivity contribution is 0.461. The molecule has 2 aromatic heterocycles. The summed E-state index contributed by atoms with van der Waals surface area (Å²) in [7, 11) is 1.74. The summed E-state index contributed by atoms with van der Waals surface area (Å²) in [6.07, 6.45) is 6.30. The molecule has 168 valence electrons. The maximum absolute atomic E-state index is 13.0. The molecule has 7 nitrogen and oxygen atoms in total. The highest BCUT2D eigenvalue weighted by atomic mass is 19.1. The zero-order valence-electron chi connectivity index (χ0n) is 18.3. The second-order valence-electron chi connectivity index (χ2n) is 7.28. The van der Waals surface area contributed by atoms with Crippen molar-refractivity contribution in [3.63, 3.8) is 0 Å². The Morgan fingerprint density at radius 2 is 1.79 bits per heavy atom. The van der Waals surface area contributed by atoms with Crippen molar-refractivity contribution >= 4 is 5.96 Å². The van der Waals surface area contributed by atoms with Crippen LogP contribution in [-0.4, -0.2) is 34.3 Å². The highest BCUT2D eigenvalue weighted by Crippen LogP contribution is 2.19. The first-order chi connectivity index (χ1) is 16.2. The van der Waals surface area contributed by atoms with Crippen molar-refractivity contribution in [3.05, 3.63) is 102 Å². The monoisotopic (exact) mass is 444 g/mol. The fourth-order valence-corrected chi connectivity index (χ4v) is 3.17. The number of hydrogen-bond acceptors (Lipinski definition) is 4. The molecule has 0 atom stereocenters. The van der Waals surface area contributed by atoms with Crippen molar-refractivity contribution in [2.75, 3.05) is 13.6 Å². The highest BCUT2D eigenvalue weighted by molar-refractivity contribution is 5.79. The zero-order valence-corrected chi connectivity index (χ0v) is 18.3. The molecule has 0 aliphatic rings. The summed E-state index contributed by atoms with van der Waals surface area (Å²) in [5.41, 5.74) is 3.25. The summed E-state index contributed by atoms with van der Waals surface area (Å²) < 4.78 is 20.4. The van der Waals surface area contributed by atoms with E-state index in [1.165, 1.54) is 17.7 Å². The van der Waals surface area contributed by atoms with Crippen LogP contribution in [-0.2, 0) is 13.0 Å². The first-order valence-corrected chi connectivity index (χ1v) is 10.6. The number of rotatable bonds is 8. The SMILES string of the molecule is CN=C(NCCc1ccc(-n2cccn2)cc1)NCc1ccc(Oc2ccc(F)cc2)nc1. The lowest BCUT2D eigenvalue weighted by Gasteiger charge is -2.12. The zero-order chi connectivity index (χ0) is 22.9. The number of guanidine groups is 1. The van der Waals surface area contributed by atoms with Gasteiger partial charge in [0.2, 0.25) is 5.88 Å². The smallest absolute Gasteiger partial charge is 0.219 e. The van der Waals surface area contributed by atoms with Gasteiger partial charge < -0.3 is 15.4 Å². The van der Waals surface area contributed by atoms with E-state index in [4.69, 9.17) is 4.74 Å². The third-order valence-corrected chi connectivity index (χ3v) is 4.93. The summed E-state index contributed by atoms with van der Waals surface area (Å²) in [5.74, 6) is 1.40. The Bertz CT molecular complexity index is 1160. The number of nitrogens with zero attached hydrogens (tertiary/aromatic N) is 4. The van der Waals surface area contributed by atoms with Crippen molar-refractivity contribution in [3.8, 4) is 17.3 Å². The number of hydrogen-bond donors (Lipinski definition) is 2. The van der Waals surface area contributed by atoms with Crippen LogP contribution in [0.3, 0.4) is 0 Å². The molecule has 0 saturated heterocycles. The minimum absolute atomic E-state index is 0.304. The molecular weight excluding hydrogens is 419 g/mol. The molecule has 0 saturated carbocycles. The normalized spacial score (nSPS) is 11.3. The van der Waals surface area contributed by atoms with Crippen LogP contribution in [0.4, 0.5) is 4.39 Å². The van der Waals surface area contributed by atoms with Crippen molar-refractivity contribution in [2.45, 2.75) is 13.0 Å². The Morgan fingerprint density at radius 3 is 2.45 bits per heavy atom. The third kappa shape index (κ3) is 6.39. The fourth-order valence-electron chi connectivity index (χ4n) is 3.17. The first-order valence-electron chi connectivity index (χ1n) is 10.6. The number of aromatic nitrogens is 3. The van der Waals surface area contributed by atoms with E-state index in [-0.39, 0.29) is 5.82 Å². The van der Waals surface area contributed by atoms with Crippen LogP contribution < -0.4 is 15.4 Å². The molecule has 0 unspecified atom stereocenters. The van der Waals surface area contributed by atoms with Gasteiger partial charge >= 0.3 is 0 Å². The van der Waals surface area contributed by atoms with Crippen molar-refractivity contribution < 1.29 is 9.13 Å². The van der Waals surface area contributed by atoms with Crippen molar-refractivity contribution in [2.24, 2.45) is 4.99 Å².